The number of para-hydroxylation sites is 1. The lowest BCUT2D eigenvalue weighted by atomic mass is 10.1. The molecular weight excluding hydrogens is 431 g/mol. The summed E-state index contributed by atoms with van der Waals surface area (Å²) in [5.74, 6) is -0.708. The molecule has 0 bridgehead atoms. The Hall–Kier alpha value is -3.16. The Kier molecular flexibility index (Phi) is 7.66. The van der Waals surface area contributed by atoms with E-state index in [-0.39, 0.29) is 48.1 Å². The molecule has 1 aliphatic rings. The second-order valence-electron chi connectivity index (χ2n) is 7.63. The lowest BCUT2D eigenvalue weighted by Gasteiger charge is -2.24. The van der Waals surface area contributed by atoms with Crippen LogP contribution in [-0.2, 0) is 20.3 Å². The number of benzene rings is 2. The predicted molar refractivity (Wildman–Crippen MR) is 121 cm³/mol. The van der Waals surface area contributed by atoms with E-state index in [4.69, 9.17) is 15.7 Å². The number of hydrogen-bond acceptors (Lipinski definition) is 6. The summed E-state index contributed by atoms with van der Waals surface area (Å²) in [4.78, 5) is 35.7. The molecule has 0 radical (unpaired) electrons. The van der Waals surface area contributed by atoms with Gasteiger partial charge in [-0.1, -0.05) is 43.2 Å². The molecule has 170 valence electrons. The van der Waals surface area contributed by atoms with Crippen LogP contribution in [0.2, 0.25) is 0 Å². The second-order valence-corrected chi connectivity index (χ2v) is 9.41. The van der Waals surface area contributed by atoms with Gasteiger partial charge in [0.1, 0.15) is 11.6 Å². The number of nitrogen functional groups attached to an aromatic ring is 1. The van der Waals surface area contributed by atoms with Crippen LogP contribution in [0.3, 0.4) is 0 Å². The molecule has 1 aliphatic heterocycles. The van der Waals surface area contributed by atoms with E-state index in [1.165, 1.54) is 18.2 Å². The number of nitrogens with zero attached hydrogens (tertiary/aromatic N) is 1. The topological polar surface area (TPSA) is 146 Å². The summed E-state index contributed by atoms with van der Waals surface area (Å²) in [5, 5.41) is 8.66. The maximum atomic E-state index is 12.8. The molecule has 5 N–H and O–H groups in total. The van der Waals surface area contributed by atoms with Gasteiger partial charge in [0.2, 0.25) is 11.8 Å². The van der Waals surface area contributed by atoms with Crippen LogP contribution in [0.15, 0.2) is 48.5 Å². The Balaban J connectivity index is 1.90. The first-order chi connectivity index (χ1) is 15.2. The molecule has 1 atom stereocenters. The van der Waals surface area contributed by atoms with Gasteiger partial charge in [-0.05, 0) is 36.6 Å². The molecule has 3 rings (SSSR count). The molecule has 1 heterocycles. The molecule has 0 aromatic heterocycles. The lowest BCUT2D eigenvalue weighted by molar-refractivity contribution is -0.143. The Morgan fingerprint density at radius 2 is 1.69 bits per heavy atom. The van der Waals surface area contributed by atoms with Crippen molar-refractivity contribution < 1.29 is 23.6 Å². The van der Waals surface area contributed by atoms with Crippen molar-refractivity contribution in [1.82, 2.24) is 5.01 Å². The number of nitrogens with two attached hydrogens (primary N) is 1. The normalized spacial score (nSPS) is 17.0. The third kappa shape index (κ3) is 6.42. The van der Waals surface area contributed by atoms with Crippen LogP contribution < -0.4 is 15.7 Å². The van der Waals surface area contributed by atoms with Crippen LogP contribution in [0, 0.1) is 5.41 Å². The number of carbonyl (C=O) groups is 2. The Morgan fingerprint density at radius 1 is 1.06 bits per heavy atom. The third-order valence-corrected chi connectivity index (χ3v) is 6.28. The molecule has 32 heavy (non-hydrogen) atoms. The molecule has 0 aliphatic carbocycles. The number of anilines is 1. The predicted octanol–water partition coefficient (Wildman–Crippen LogP) is 3.77. The van der Waals surface area contributed by atoms with Crippen LogP contribution in [-0.4, -0.2) is 27.6 Å². The van der Waals surface area contributed by atoms with Crippen molar-refractivity contribution in [2.75, 3.05) is 5.43 Å². The van der Waals surface area contributed by atoms with E-state index < -0.39 is 7.60 Å². The third-order valence-electron chi connectivity index (χ3n) is 5.04. The van der Waals surface area contributed by atoms with Crippen LogP contribution in [0.5, 0.6) is 5.75 Å². The van der Waals surface area contributed by atoms with Crippen LogP contribution in [0.25, 0.3) is 0 Å². The summed E-state index contributed by atoms with van der Waals surface area (Å²) in [6.07, 6.45) is 3.18. The summed E-state index contributed by atoms with van der Waals surface area (Å²) in [5.41, 5.74) is 9.35. The van der Waals surface area contributed by atoms with E-state index in [1.807, 2.05) is 0 Å². The maximum Gasteiger partial charge on any atom is 0.381 e. The molecule has 1 saturated heterocycles. The molecule has 0 spiro atoms. The van der Waals surface area contributed by atoms with Gasteiger partial charge < -0.3 is 15.2 Å². The fraction of sp³-hybridized carbons (Fsp3) is 0.318. The number of carbonyl (C=O) groups excluding carboxylic acids is 2. The van der Waals surface area contributed by atoms with Crippen molar-refractivity contribution in [2.24, 2.45) is 5.73 Å². The number of hydrazine groups is 1. The standard InChI is InChI=1S/C22H27N4O5P/c23-22(24)16-12-13-17(15-32(29,30)31-18-8-4-3-5-9-18)19(14-16)25-26-20(27)10-6-1-2-7-11-21(26)28/h3-5,8-9,12-14,25H,1-2,6-7,10-11,15H2,(H3,23,24)(H,29,30). The van der Waals surface area contributed by atoms with Gasteiger partial charge in [0.15, 0.2) is 0 Å². The van der Waals surface area contributed by atoms with Gasteiger partial charge >= 0.3 is 7.60 Å². The number of imide groups is 1. The van der Waals surface area contributed by atoms with Gasteiger partial charge in [-0.2, -0.15) is 5.01 Å². The zero-order valence-corrected chi connectivity index (χ0v) is 18.5. The van der Waals surface area contributed by atoms with Crippen molar-refractivity contribution in [2.45, 2.75) is 44.7 Å². The van der Waals surface area contributed by atoms with Crippen LogP contribution in [0.4, 0.5) is 5.69 Å². The largest absolute Gasteiger partial charge is 0.424 e. The summed E-state index contributed by atoms with van der Waals surface area (Å²) < 4.78 is 18.1. The minimum atomic E-state index is -4.12. The number of nitrogens with one attached hydrogen (secondary N) is 2. The fourth-order valence-corrected chi connectivity index (χ4v) is 4.62. The first-order valence-electron chi connectivity index (χ1n) is 10.4. The molecule has 9 nitrogen and oxygen atoms in total. The smallest absolute Gasteiger partial charge is 0.381 e. The van der Waals surface area contributed by atoms with Gasteiger partial charge in [0.25, 0.3) is 0 Å². The minimum Gasteiger partial charge on any atom is -0.424 e. The zero-order chi connectivity index (χ0) is 23.1. The van der Waals surface area contributed by atoms with Gasteiger partial charge in [0, 0.05) is 18.4 Å². The highest BCUT2D eigenvalue weighted by atomic mass is 31.2. The van der Waals surface area contributed by atoms with Crippen molar-refractivity contribution in [3.05, 3.63) is 59.7 Å². The highest BCUT2D eigenvalue weighted by molar-refractivity contribution is 7.52. The number of amidine groups is 1. The van der Waals surface area contributed by atoms with E-state index >= 15 is 0 Å². The maximum absolute atomic E-state index is 12.8. The average Bonchev–Trinajstić information content (AvgIpc) is 2.81. The van der Waals surface area contributed by atoms with Crippen LogP contribution in [0.1, 0.15) is 49.7 Å². The SMILES string of the molecule is N=C(N)c1ccc(CP(=O)(O)Oc2ccccc2)c(NN2C(=O)CCCCCCC2=O)c1. The van der Waals surface area contributed by atoms with Gasteiger partial charge in [-0.25, -0.2) is 4.57 Å². The summed E-state index contributed by atoms with van der Waals surface area (Å²) in [6.45, 7) is 0. The minimum absolute atomic E-state index is 0.213. The fourth-order valence-electron chi connectivity index (χ4n) is 3.39. The van der Waals surface area contributed by atoms with Crippen molar-refractivity contribution in [1.29, 1.82) is 5.41 Å². The molecule has 1 fully saturated rings. The summed E-state index contributed by atoms with van der Waals surface area (Å²) >= 11 is 0. The highest BCUT2D eigenvalue weighted by Gasteiger charge is 2.27. The second kappa shape index (κ2) is 10.4. The summed E-state index contributed by atoms with van der Waals surface area (Å²) in [6, 6.07) is 12.8. The molecule has 10 heteroatoms. The summed E-state index contributed by atoms with van der Waals surface area (Å²) in [7, 11) is -4.12. The van der Waals surface area contributed by atoms with E-state index in [2.05, 4.69) is 5.43 Å². The zero-order valence-electron chi connectivity index (χ0n) is 17.6. The van der Waals surface area contributed by atoms with E-state index in [1.54, 1.807) is 30.3 Å². The Morgan fingerprint density at radius 3 is 2.28 bits per heavy atom. The molecule has 2 aromatic rings. The quantitative estimate of drug-likeness (QED) is 0.214. The molecule has 0 saturated carbocycles. The van der Waals surface area contributed by atoms with Crippen molar-refractivity contribution >= 4 is 30.9 Å². The van der Waals surface area contributed by atoms with Gasteiger partial charge in [-0.15, -0.1) is 0 Å². The number of amides is 2. The van der Waals surface area contributed by atoms with Crippen LogP contribution >= 0.6 is 7.60 Å². The molecule has 2 amide bonds. The molecule has 1 unspecified atom stereocenters. The monoisotopic (exact) mass is 458 g/mol. The van der Waals surface area contributed by atoms with Crippen molar-refractivity contribution in [3.63, 3.8) is 0 Å². The van der Waals surface area contributed by atoms with E-state index in [0.717, 1.165) is 17.9 Å². The average molecular weight is 458 g/mol. The van der Waals surface area contributed by atoms with E-state index in [0.29, 0.717) is 24.0 Å². The molecular formula is C22H27N4O5P. The molecule has 2 aromatic carbocycles. The first kappa shape index (κ1) is 23.5. The Bertz CT molecular complexity index is 1020. The Labute approximate surface area is 186 Å². The number of hydrogen-bond donors (Lipinski definition) is 4. The van der Waals surface area contributed by atoms with Gasteiger partial charge in [0.05, 0.1) is 11.8 Å². The highest BCUT2D eigenvalue weighted by Crippen LogP contribution is 2.47. The first-order valence-corrected chi connectivity index (χ1v) is 12.2. The van der Waals surface area contributed by atoms with Crippen molar-refractivity contribution in [3.8, 4) is 5.75 Å². The van der Waals surface area contributed by atoms with Gasteiger partial charge in [-0.3, -0.25) is 20.4 Å². The number of rotatable bonds is 7. The lowest BCUT2D eigenvalue weighted by Crippen LogP contribution is -2.41. The van der Waals surface area contributed by atoms with E-state index in [9.17, 15) is 19.0 Å².